The molecular formula is C20H24FNO3. The van der Waals surface area contributed by atoms with Crippen molar-refractivity contribution in [2.75, 3.05) is 33.5 Å². The van der Waals surface area contributed by atoms with Gasteiger partial charge in [0, 0.05) is 12.6 Å². The molecule has 0 spiro atoms. The van der Waals surface area contributed by atoms with Crippen molar-refractivity contribution < 1.29 is 19.0 Å². The third-order valence-corrected chi connectivity index (χ3v) is 4.75. The van der Waals surface area contributed by atoms with Crippen LogP contribution in [0.4, 0.5) is 4.39 Å². The lowest BCUT2D eigenvalue weighted by Crippen LogP contribution is -2.52. The smallest absolute Gasteiger partial charge is 0.123 e. The molecule has 0 aromatic heterocycles. The van der Waals surface area contributed by atoms with Crippen molar-refractivity contribution in [2.24, 2.45) is 5.41 Å². The number of halogens is 1. The van der Waals surface area contributed by atoms with Crippen molar-refractivity contribution in [1.29, 1.82) is 0 Å². The highest BCUT2D eigenvalue weighted by atomic mass is 19.1. The molecule has 25 heavy (non-hydrogen) atoms. The van der Waals surface area contributed by atoms with Gasteiger partial charge in [-0.2, -0.15) is 0 Å². The topological polar surface area (TPSA) is 50.7 Å². The number of hydrogen-bond acceptors (Lipinski definition) is 4. The van der Waals surface area contributed by atoms with Crippen molar-refractivity contribution in [2.45, 2.75) is 12.5 Å². The maximum Gasteiger partial charge on any atom is 0.123 e. The molecule has 2 N–H and O–H groups in total. The third-order valence-electron chi connectivity index (χ3n) is 4.75. The first-order valence-electron chi connectivity index (χ1n) is 8.44. The predicted octanol–water partition coefficient (Wildman–Crippen LogP) is 2.72. The van der Waals surface area contributed by atoms with E-state index in [1.54, 1.807) is 7.11 Å². The van der Waals surface area contributed by atoms with E-state index in [4.69, 9.17) is 9.47 Å². The minimum Gasteiger partial charge on any atom is -0.497 e. The molecule has 1 aliphatic heterocycles. The lowest BCUT2D eigenvalue weighted by Gasteiger charge is -2.41. The van der Waals surface area contributed by atoms with Crippen LogP contribution in [0.25, 0.3) is 0 Å². The van der Waals surface area contributed by atoms with Gasteiger partial charge in [-0.3, -0.25) is 0 Å². The quantitative estimate of drug-likeness (QED) is 0.772. The minimum absolute atomic E-state index is 0.0559. The summed E-state index contributed by atoms with van der Waals surface area (Å²) in [6.07, 6.45) is 0.731. The van der Waals surface area contributed by atoms with Crippen molar-refractivity contribution in [3.05, 3.63) is 65.5 Å². The van der Waals surface area contributed by atoms with Crippen molar-refractivity contribution >= 4 is 0 Å². The van der Waals surface area contributed by atoms with E-state index in [-0.39, 0.29) is 23.9 Å². The first-order valence-corrected chi connectivity index (χ1v) is 8.44. The van der Waals surface area contributed by atoms with Crippen molar-refractivity contribution in [1.82, 2.24) is 5.32 Å². The van der Waals surface area contributed by atoms with Crippen LogP contribution in [0.3, 0.4) is 0 Å². The summed E-state index contributed by atoms with van der Waals surface area (Å²) in [7, 11) is 1.64. The van der Waals surface area contributed by atoms with Crippen LogP contribution in [-0.4, -0.2) is 38.6 Å². The predicted molar refractivity (Wildman–Crippen MR) is 94.2 cm³/mol. The maximum atomic E-state index is 13.2. The highest BCUT2D eigenvalue weighted by Crippen LogP contribution is 2.28. The second-order valence-corrected chi connectivity index (χ2v) is 6.69. The van der Waals surface area contributed by atoms with E-state index in [1.807, 2.05) is 36.4 Å². The Bertz CT molecular complexity index is 663. The zero-order valence-corrected chi connectivity index (χ0v) is 14.4. The van der Waals surface area contributed by atoms with E-state index >= 15 is 0 Å². The van der Waals surface area contributed by atoms with Crippen LogP contribution in [0.15, 0.2) is 48.5 Å². The number of aliphatic hydroxyl groups is 1. The number of aliphatic hydroxyl groups excluding tert-OH is 1. The Morgan fingerprint density at radius 2 is 1.84 bits per heavy atom. The van der Waals surface area contributed by atoms with Crippen LogP contribution in [0.2, 0.25) is 0 Å². The van der Waals surface area contributed by atoms with E-state index in [0.717, 1.165) is 23.3 Å². The van der Waals surface area contributed by atoms with Crippen molar-refractivity contribution in [3.63, 3.8) is 0 Å². The van der Waals surface area contributed by atoms with Gasteiger partial charge in [0.05, 0.1) is 32.3 Å². The first-order chi connectivity index (χ1) is 12.1. The van der Waals surface area contributed by atoms with Gasteiger partial charge in [-0.05, 0) is 41.8 Å². The summed E-state index contributed by atoms with van der Waals surface area (Å²) in [6, 6.07) is 14.6. The normalized spacial score (nSPS) is 16.9. The minimum atomic E-state index is -0.233. The fraction of sp³-hybridized carbons (Fsp3) is 0.400. The van der Waals surface area contributed by atoms with Gasteiger partial charge < -0.3 is 19.9 Å². The van der Waals surface area contributed by atoms with E-state index in [1.165, 1.54) is 12.1 Å². The highest BCUT2D eigenvalue weighted by molar-refractivity contribution is 5.30. The van der Waals surface area contributed by atoms with Crippen LogP contribution >= 0.6 is 0 Å². The molecule has 0 bridgehead atoms. The largest absolute Gasteiger partial charge is 0.497 e. The van der Waals surface area contributed by atoms with Gasteiger partial charge in [0.2, 0.25) is 0 Å². The van der Waals surface area contributed by atoms with Gasteiger partial charge in [-0.25, -0.2) is 4.39 Å². The molecule has 1 unspecified atom stereocenters. The second kappa shape index (κ2) is 7.95. The van der Waals surface area contributed by atoms with Gasteiger partial charge in [0.25, 0.3) is 0 Å². The summed E-state index contributed by atoms with van der Waals surface area (Å²) < 4.78 is 23.7. The molecule has 1 fully saturated rings. The van der Waals surface area contributed by atoms with E-state index in [9.17, 15) is 9.50 Å². The molecule has 1 atom stereocenters. The molecule has 4 nitrogen and oxygen atoms in total. The van der Waals surface area contributed by atoms with Gasteiger partial charge in [-0.1, -0.05) is 24.3 Å². The van der Waals surface area contributed by atoms with Gasteiger partial charge in [-0.15, -0.1) is 0 Å². The summed E-state index contributed by atoms with van der Waals surface area (Å²) in [4.78, 5) is 0. The molecule has 1 saturated heterocycles. The molecule has 0 amide bonds. The highest BCUT2D eigenvalue weighted by Gasteiger charge is 2.38. The molecule has 134 valence electrons. The monoisotopic (exact) mass is 345 g/mol. The number of hydrogen-bond donors (Lipinski definition) is 2. The Labute approximate surface area is 147 Å². The standard InChI is InChI=1S/C20H24FNO3/c1-24-18-8-4-16(5-9-18)19(10-15-2-6-17(21)7-3-15)22-11-20(12-23)13-25-14-20/h2-9,19,22-23H,10-14H2,1H3. The number of nitrogens with one attached hydrogen (secondary N) is 1. The molecule has 1 heterocycles. The lowest BCUT2D eigenvalue weighted by atomic mass is 9.86. The third kappa shape index (κ3) is 4.37. The Hall–Kier alpha value is -1.95. The van der Waals surface area contributed by atoms with Crippen LogP contribution in [-0.2, 0) is 11.2 Å². The first kappa shape index (κ1) is 17.9. The number of methoxy groups -OCH3 is 1. The number of benzene rings is 2. The summed E-state index contributed by atoms with van der Waals surface area (Å²) >= 11 is 0. The second-order valence-electron chi connectivity index (χ2n) is 6.69. The SMILES string of the molecule is COc1ccc(C(Cc2ccc(F)cc2)NCC2(CO)COC2)cc1. The molecule has 3 rings (SSSR count). The fourth-order valence-corrected chi connectivity index (χ4v) is 2.98. The Morgan fingerprint density at radius 1 is 1.16 bits per heavy atom. The molecule has 5 heteroatoms. The summed E-state index contributed by atoms with van der Waals surface area (Å²) in [6.45, 7) is 1.91. The summed E-state index contributed by atoms with van der Waals surface area (Å²) in [5.74, 6) is 0.576. The van der Waals surface area contributed by atoms with Crippen LogP contribution < -0.4 is 10.1 Å². The average Bonchev–Trinajstić information content (AvgIpc) is 2.62. The molecule has 1 aliphatic rings. The van der Waals surface area contributed by atoms with Gasteiger partial charge >= 0.3 is 0 Å². The summed E-state index contributed by atoms with van der Waals surface area (Å²) in [5.41, 5.74) is 1.98. The zero-order chi connectivity index (χ0) is 17.7. The van der Waals surface area contributed by atoms with Gasteiger partial charge in [0.1, 0.15) is 11.6 Å². The van der Waals surface area contributed by atoms with Gasteiger partial charge in [0.15, 0.2) is 0 Å². The molecular weight excluding hydrogens is 321 g/mol. The number of rotatable bonds is 8. The molecule has 2 aromatic carbocycles. The lowest BCUT2D eigenvalue weighted by molar-refractivity contribution is -0.135. The summed E-state index contributed by atoms with van der Waals surface area (Å²) in [5, 5.41) is 13.2. The molecule has 2 aromatic rings. The molecule has 0 saturated carbocycles. The van der Waals surface area contributed by atoms with E-state index in [0.29, 0.717) is 19.8 Å². The number of ether oxygens (including phenoxy) is 2. The Morgan fingerprint density at radius 3 is 2.36 bits per heavy atom. The average molecular weight is 345 g/mol. The van der Waals surface area contributed by atoms with Crippen LogP contribution in [0, 0.1) is 11.2 Å². The maximum absolute atomic E-state index is 13.2. The Kier molecular flexibility index (Phi) is 5.68. The zero-order valence-electron chi connectivity index (χ0n) is 14.4. The Balaban J connectivity index is 1.75. The van der Waals surface area contributed by atoms with E-state index < -0.39 is 0 Å². The van der Waals surface area contributed by atoms with E-state index in [2.05, 4.69) is 5.32 Å². The fourth-order valence-electron chi connectivity index (χ4n) is 2.98. The van der Waals surface area contributed by atoms with Crippen molar-refractivity contribution in [3.8, 4) is 5.75 Å². The molecule has 0 radical (unpaired) electrons. The van der Waals surface area contributed by atoms with Crippen LogP contribution in [0.1, 0.15) is 17.2 Å². The van der Waals surface area contributed by atoms with Crippen LogP contribution in [0.5, 0.6) is 5.75 Å². The molecule has 0 aliphatic carbocycles.